The topological polar surface area (TPSA) is 52.6 Å². The van der Waals surface area contributed by atoms with E-state index in [2.05, 4.69) is 47.5 Å². The summed E-state index contributed by atoms with van der Waals surface area (Å²) in [5.74, 6) is 0.926. The highest BCUT2D eigenvalue weighted by molar-refractivity contribution is 14.0. The van der Waals surface area contributed by atoms with Gasteiger partial charge in [-0.2, -0.15) is 0 Å². The Morgan fingerprint density at radius 2 is 2.04 bits per heavy atom. The molecule has 5 nitrogen and oxygen atoms in total. The zero-order valence-corrected chi connectivity index (χ0v) is 18.0. The third kappa shape index (κ3) is 5.29. The van der Waals surface area contributed by atoms with Gasteiger partial charge in [0.2, 0.25) is 0 Å². The summed E-state index contributed by atoms with van der Waals surface area (Å²) < 4.78 is 0. The van der Waals surface area contributed by atoms with E-state index in [1.807, 2.05) is 12.3 Å². The van der Waals surface area contributed by atoms with Gasteiger partial charge in [0.1, 0.15) is 0 Å². The average molecular weight is 457 g/mol. The molecule has 0 saturated carbocycles. The Labute approximate surface area is 169 Å². The van der Waals surface area contributed by atoms with Crippen molar-refractivity contribution in [3.63, 3.8) is 0 Å². The normalized spacial score (nSPS) is 26.7. The fourth-order valence-electron chi connectivity index (χ4n) is 4.08. The van der Waals surface area contributed by atoms with Crippen molar-refractivity contribution in [3.05, 3.63) is 29.6 Å². The van der Waals surface area contributed by atoms with Gasteiger partial charge in [-0.1, -0.05) is 12.5 Å². The van der Waals surface area contributed by atoms with Crippen LogP contribution in [0.1, 0.15) is 50.3 Å². The van der Waals surface area contributed by atoms with Gasteiger partial charge in [-0.3, -0.25) is 4.98 Å². The Bertz CT molecular complexity index is 563. The third-order valence-corrected chi connectivity index (χ3v) is 5.53. The van der Waals surface area contributed by atoms with Crippen molar-refractivity contribution in [2.45, 2.75) is 70.6 Å². The molecule has 2 N–H and O–H groups in total. The average Bonchev–Trinajstić information content (AvgIpc) is 2.55. The number of piperidine rings is 2. The maximum atomic E-state index is 4.77. The van der Waals surface area contributed by atoms with Crippen LogP contribution in [0.15, 0.2) is 23.3 Å². The molecular formula is C19H32IN5. The maximum Gasteiger partial charge on any atom is 0.191 e. The van der Waals surface area contributed by atoms with Crippen molar-refractivity contribution in [2.24, 2.45) is 4.99 Å². The lowest BCUT2D eigenvalue weighted by Crippen LogP contribution is -2.56. The number of rotatable bonds is 4. The van der Waals surface area contributed by atoms with Crippen LogP contribution in [0.3, 0.4) is 0 Å². The zero-order chi connectivity index (χ0) is 16.9. The molecule has 2 unspecified atom stereocenters. The lowest BCUT2D eigenvalue weighted by atomic mass is 9.82. The molecule has 2 aliphatic heterocycles. The van der Waals surface area contributed by atoms with Crippen LogP contribution in [0, 0.1) is 6.92 Å². The molecule has 2 fully saturated rings. The predicted molar refractivity (Wildman–Crippen MR) is 115 cm³/mol. The van der Waals surface area contributed by atoms with Crippen molar-refractivity contribution in [3.8, 4) is 0 Å². The minimum Gasteiger partial charge on any atom is -0.357 e. The second kappa shape index (κ2) is 9.71. The number of aliphatic imine (C=N–C) groups is 1. The number of fused-ring (bicyclic) bond motifs is 2. The van der Waals surface area contributed by atoms with Crippen molar-refractivity contribution in [2.75, 3.05) is 13.6 Å². The molecule has 3 heterocycles. The first-order valence-corrected chi connectivity index (χ1v) is 9.34. The SMILES string of the molecule is CCNC(=NCc1ncccc1C)NC1CC2CCCC(C1)N2C.I. The highest BCUT2D eigenvalue weighted by Gasteiger charge is 2.36. The van der Waals surface area contributed by atoms with E-state index in [9.17, 15) is 0 Å². The summed E-state index contributed by atoms with van der Waals surface area (Å²) in [5, 5.41) is 7.07. The minimum absolute atomic E-state index is 0. The first kappa shape index (κ1) is 20.4. The molecule has 0 radical (unpaired) electrons. The molecule has 0 spiro atoms. The van der Waals surface area contributed by atoms with E-state index < -0.39 is 0 Å². The first-order valence-electron chi connectivity index (χ1n) is 9.34. The molecule has 25 heavy (non-hydrogen) atoms. The molecule has 0 amide bonds. The molecule has 2 bridgehead atoms. The van der Waals surface area contributed by atoms with Crippen LogP contribution in [-0.4, -0.2) is 47.6 Å². The lowest BCUT2D eigenvalue weighted by Gasteiger charge is -2.47. The largest absolute Gasteiger partial charge is 0.357 e. The Morgan fingerprint density at radius 1 is 1.32 bits per heavy atom. The van der Waals surface area contributed by atoms with Crippen LogP contribution in [0.2, 0.25) is 0 Å². The number of aryl methyl sites for hydroxylation is 1. The van der Waals surface area contributed by atoms with E-state index in [4.69, 9.17) is 4.99 Å². The number of nitrogens with zero attached hydrogens (tertiary/aromatic N) is 3. The molecule has 2 saturated heterocycles. The van der Waals surface area contributed by atoms with Crippen LogP contribution in [0.4, 0.5) is 0 Å². The van der Waals surface area contributed by atoms with Gasteiger partial charge in [-0.05, 0) is 58.2 Å². The van der Waals surface area contributed by atoms with E-state index in [0.29, 0.717) is 12.6 Å². The Morgan fingerprint density at radius 3 is 2.68 bits per heavy atom. The number of hydrogen-bond donors (Lipinski definition) is 2. The van der Waals surface area contributed by atoms with E-state index in [-0.39, 0.29) is 24.0 Å². The van der Waals surface area contributed by atoms with Crippen LogP contribution in [-0.2, 0) is 6.54 Å². The smallest absolute Gasteiger partial charge is 0.191 e. The second-order valence-corrected chi connectivity index (χ2v) is 7.18. The van der Waals surface area contributed by atoms with Crippen molar-refractivity contribution in [1.82, 2.24) is 20.5 Å². The Hall–Kier alpha value is -0.890. The lowest BCUT2D eigenvalue weighted by molar-refractivity contribution is 0.0526. The monoisotopic (exact) mass is 457 g/mol. The molecular weight excluding hydrogens is 425 g/mol. The van der Waals surface area contributed by atoms with Gasteiger partial charge in [0.05, 0.1) is 12.2 Å². The van der Waals surface area contributed by atoms with Gasteiger partial charge in [0, 0.05) is 30.9 Å². The summed E-state index contributed by atoms with van der Waals surface area (Å²) >= 11 is 0. The molecule has 3 rings (SSSR count). The van der Waals surface area contributed by atoms with E-state index in [0.717, 1.165) is 30.3 Å². The molecule has 1 aromatic heterocycles. The molecule has 6 heteroatoms. The summed E-state index contributed by atoms with van der Waals surface area (Å²) in [6, 6.07) is 6.06. The molecule has 2 aliphatic rings. The van der Waals surface area contributed by atoms with Gasteiger partial charge in [-0.15, -0.1) is 24.0 Å². The quantitative estimate of drug-likeness (QED) is 0.415. The van der Waals surface area contributed by atoms with Crippen LogP contribution in [0.5, 0.6) is 0 Å². The Balaban J connectivity index is 0.00000225. The van der Waals surface area contributed by atoms with E-state index >= 15 is 0 Å². The summed E-state index contributed by atoms with van der Waals surface area (Å²) in [5.41, 5.74) is 2.25. The number of guanidine groups is 1. The molecule has 0 aliphatic carbocycles. The van der Waals surface area contributed by atoms with Gasteiger partial charge in [-0.25, -0.2) is 4.99 Å². The summed E-state index contributed by atoms with van der Waals surface area (Å²) in [4.78, 5) is 11.8. The number of pyridine rings is 1. The minimum atomic E-state index is 0. The summed E-state index contributed by atoms with van der Waals surface area (Å²) in [6.07, 6.45) is 8.36. The van der Waals surface area contributed by atoms with Crippen molar-refractivity contribution in [1.29, 1.82) is 0 Å². The highest BCUT2D eigenvalue weighted by atomic mass is 127. The van der Waals surface area contributed by atoms with Gasteiger partial charge < -0.3 is 15.5 Å². The third-order valence-electron chi connectivity index (χ3n) is 5.53. The number of hydrogen-bond acceptors (Lipinski definition) is 3. The van der Waals surface area contributed by atoms with Gasteiger partial charge in [0.15, 0.2) is 5.96 Å². The van der Waals surface area contributed by atoms with Crippen LogP contribution in [0.25, 0.3) is 0 Å². The van der Waals surface area contributed by atoms with Crippen LogP contribution >= 0.6 is 24.0 Å². The predicted octanol–water partition coefficient (Wildman–Crippen LogP) is 3.08. The number of nitrogens with one attached hydrogen (secondary N) is 2. The highest BCUT2D eigenvalue weighted by Crippen LogP contribution is 2.32. The molecule has 140 valence electrons. The van der Waals surface area contributed by atoms with E-state index in [1.54, 1.807) is 0 Å². The van der Waals surface area contributed by atoms with Gasteiger partial charge in [0.25, 0.3) is 0 Å². The molecule has 2 atom stereocenters. The fourth-order valence-corrected chi connectivity index (χ4v) is 4.08. The Kier molecular flexibility index (Phi) is 7.93. The first-order chi connectivity index (χ1) is 11.7. The molecule has 1 aromatic rings. The van der Waals surface area contributed by atoms with Gasteiger partial charge >= 0.3 is 0 Å². The molecule has 0 aromatic carbocycles. The number of halogens is 1. The van der Waals surface area contributed by atoms with E-state index in [1.165, 1.54) is 37.7 Å². The van der Waals surface area contributed by atoms with Crippen molar-refractivity contribution < 1.29 is 0 Å². The standard InChI is InChI=1S/C19H31N5.HI/c1-4-20-19(22-13-18-14(2)7-6-10-21-18)23-15-11-16-8-5-9-17(12-15)24(16)3;/h6-7,10,15-17H,4-5,8-9,11-13H2,1-3H3,(H2,20,22,23);1H. The maximum absolute atomic E-state index is 4.77. The fraction of sp³-hybridized carbons (Fsp3) is 0.684. The number of aromatic nitrogens is 1. The van der Waals surface area contributed by atoms with Crippen LogP contribution < -0.4 is 10.6 Å². The summed E-state index contributed by atoms with van der Waals surface area (Å²) in [6.45, 7) is 5.72. The second-order valence-electron chi connectivity index (χ2n) is 7.18. The summed E-state index contributed by atoms with van der Waals surface area (Å²) in [7, 11) is 2.30. The zero-order valence-electron chi connectivity index (χ0n) is 15.7. The van der Waals surface area contributed by atoms with Crippen molar-refractivity contribution >= 4 is 29.9 Å².